The first-order valence-electron chi connectivity index (χ1n) is 6.16. The molecule has 1 aromatic heterocycles. The van der Waals surface area contributed by atoms with E-state index >= 15 is 0 Å². The lowest BCUT2D eigenvalue weighted by molar-refractivity contribution is 0.112. The number of benzene rings is 2. The van der Waals surface area contributed by atoms with Crippen LogP contribution in [0.4, 0.5) is 4.39 Å². The zero-order valence-corrected chi connectivity index (χ0v) is 11.3. The number of rotatable bonds is 3. The second kappa shape index (κ2) is 5.10. The molecule has 100 valence electrons. The molecule has 4 heteroatoms. The molecule has 3 rings (SSSR count). The van der Waals surface area contributed by atoms with Crippen LogP contribution in [-0.2, 0) is 6.54 Å². The molecule has 0 saturated heterocycles. The number of hydrogen-bond acceptors (Lipinski definition) is 1. The summed E-state index contributed by atoms with van der Waals surface area (Å²) in [7, 11) is 0. The van der Waals surface area contributed by atoms with E-state index in [-0.39, 0.29) is 5.82 Å². The maximum atomic E-state index is 13.9. The molecule has 0 radical (unpaired) electrons. The molecule has 3 aromatic rings. The van der Waals surface area contributed by atoms with E-state index in [2.05, 4.69) is 0 Å². The highest BCUT2D eigenvalue weighted by molar-refractivity contribution is 6.31. The number of carbonyl (C=O) groups is 1. The molecule has 0 aliphatic heterocycles. The van der Waals surface area contributed by atoms with E-state index in [0.29, 0.717) is 22.7 Å². The van der Waals surface area contributed by atoms with Gasteiger partial charge in [-0.25, -0.2) is 4.39 Å². The molecular weight excluding hydrogens is 277 g/mol. The Balaban J connectivity index is 2.14. The van der Waals surface area contributed by atoms with Crippen LogP contribution in [-0.4, -0.2) is 10.9 Å². The zero-order chi connectivity index (χ0) is 14.1. The molecule has 2 nitrogen and oxygen atoms in total. The van der Waals surface area contributed by atoms with Crippen molar-refractivity contribution in [2.75, 3.05) is 0 Å². The number of fused-ring (bicyclic) bond motifs is 1. The third-order valence-electron chi connectivity index (χ3n) is 3.34. The van der Waals surface area contributed by atoms with Gasteiger partial charge in [-0.3, -0.25) is 4.79 Å². The summed E-state index contributed by atoms with van der Waals surface area (Å²) in [5, 5.41) is 1.33. The largest absolute Gasteiger partial charge is 0.342 e. The van der Waals surface area contributed by atoms with Gasteiger partial charge in [0.2, 0.25) is 0 Å². The minimum Gasteiger partial charge on any atom is -0.342 e. The van der Waals surface area contributed by atoms with Gasteiger partial charge in [-0.05, 0) is 24.3 Å². The average molecular weight is 288 g/mol. The van der Waals surface area contributed by atoms with E-state index < -0.39 is 0 Å². The van der Waals surface area contributed by atoms with Gasteiger partial charge in [0.1, 0.15) is 5.82 Å². The molecule has 0 unspecified atom stereocenters. The standard InChI is InChI=1S/C16H11ClFNO/c17-14-5-2-6-15(18)13(14)9-19-8-7-11-3-1-4-12(10-20)16(11)19/h1-8,10H,9H2. The Kier molecular flexibility index (Phi) is 3.28. The molecule has 20 heavy (non-hydrogen) atoms. The van der Waals surface area contributed by atoms with Gasteiger partial charge in [-0.2, -0.15) is 0 Å². The Morgan fingerprint density at radius 2 is 1.95 bits per heavy atom. The zero-order valence-electron chi connectivity index (χ0n) is 10.5. The number of nitrogens with zero attached hydrogens (tertiary/aromatic N) is 1. The molecule has 0 N–H and O–H groups in total. The van der Waals surface area contributed by atoms with Crippen LogP contribution >= 0.6 is 11.6 Å². The molecule has 0 bridgehead atoms. The highest BCUT2D eigenvalue weighted by Crippen LogP contribution is 2.24. The topological polar surface area (TPSA) is 22.0 Å². The van der Waals surface area contributed by atoms with Crippen molar-refractivity contribution < 1.29 is 9.18 Å². The Morgan fingerprint density at radius 1 is 1.15 bits per heavy atom. The monoisotopic (exact) mass is 287 g/mol. The van der Waals surface area contributed by atoms with Gasteiger partial charge in [0.15, 0.2) is 6.29 Å². The van der Waals surface area contributed by atoms with Gasteiger partial charge in [0.25, 0.3) is 0 Å². The molecule has 0 spiro atoms. The van der Waals surface area contributed by atoms with Gasteiger partial charge in [-0.15, -0.1) is 0 Å². The summed E-state index contributed by atoms with van der Waals surface area (Å²) in [4.78, 5) is 11.1. The normalized spacial score (nSPS) is 10.9. The first-order chi connectivity index (χ1) is 9.70. The second-order valence-electron chi connectivity index (χ2n) is 4.55. The predicted molar refractivity (Wildman–Crippen MR) is 77.8 cm³/mol. The number of carbonyl (C=O) groups excluding carboxylic acids is 1. The van der Waals surface area contributed by atoms with E-state index in [0.717, 1.165) is 17.2 Å². The first-order valence-corrected chi connectivity index (χ1v) is 6.54. The van der Waals surface area contributed by atoms with Crippen molar-refractivity contribution in [1.29, 1.82) is 0 Å². The third-order valence-corrected chi connectivity index (χ3v) is 3.69. The lowest BCUT2D eigenvalue weighted by Crippen LogP contribution is -2.03. The van der Waals surface area contributed by atoms with E-state index in [1.165, 1.54) is 6.07 Å². The maximum Gasteiger partial charge on any atom is 0.152 e. The van der Waals surface area contributed by atoms with Crippen molar-refractivity contribution in [2.45, 2.75) is 6.54 Å². The van der Waals surface area contributed by atoms with Gasteiger partial charge in [0, 0.05) is 27.7 Å². The van der Waals surface area contributed by atoms with Crippen LogP contribution in [0.2, 0.25) is 5.02 Å². The molecule has 0 amide bonds. The van der Waals surface area contributed by atoms with Crippen LogP contribution in [0.3, 0.4) is 0 Å². The Labute approximate surface area is 120 Å². The highest BCUT2D eigenvalue weighted by Gasteiger charge is 2.11. The molecule has 0 atom stereocenters. The van der Waals surface area contributed by atoms with Crippen molar-refractivity contribution in [3.05, 3.63) is 70.6 Å². The minimum atomic E-state index is -0.345. The van der Waals surface area contributed by atoms with Crippen molar-refractivity contribution in [1.82, 2.24) is 4.57 Å². The molecule has 0 aliphatic rings. The van der Waals surface area contributed by atoms with Crippen molar-refractivity contribution in [3.8, 4) is 0 Å². The maximum absolute atomic E-state index is 13.9. The number of para-hydroxylation sites is 1. The highest BCUT2D eigenvalue weighted by atomic mass is 35.5. The van der Waals surface area contributed by atoms with Gasteiger partial charge < -0.3 is 4.57 Å². The molecule has 2 aromatic carbocycles. The molecule has 1 heterocycles. The van der Waals surface area contributed by atoms with E-state index in [4.69, 9.17) is 11.6 Å². The quantitative estimate of drug-likeness (QED) is 0.659. The van der Waals surface area contributed by atoms with Crippen LogP contribution in [0, 0.1) is 5.82 Å². The van der Waals surface area contributed by atoms with E-state index in [9.17, 15) is 9.18 Å². The molecular formula is C16H11ClFNO. The summed E-state index contributed by atoms with van der Waals surface area (Å²) in [6.45, 7) is 0.292. The summed E-state index contributed by atoms with van der Waals surface area (Å²) < 4.78 is 15.7. The SMILES string of the molecule is O=Cc1cccc2ccn(Cc3c(F)cccc3Cl)c12. The fourth-order valence-corrected chi connectivity index (χ4v) is 2.59. The summed E-state index contributed by atoms with van der Waals surface area (Å²) in [5.41, 5.74) is 1.80. The summed E-state index contributed by atoms with van der Waals surface area (Å²) >= 11 is 6.05. The summed E-state index contributed by atoms with van der Waals surface area (Å²) in [6, 6.07) is 12.0. The van der Waals surface area contributed by atoms with Gasteiger partial charge in [-0.1, -0.05) is 29.8 Å². The first kappa shape index (κ1) is 12.9. The van der Waals surface area contributed by atoms with Crippen molar-refractivity contribution in [2.24, 2.45) is 0 Å². The van der Waals surface area contributed by atoms with Crippen LogP contribution < -0.4 is 0 Å². The molecule has 0 fully saturated rings. The number of aldehydes is 1. The van der Waals surface area contributed by atoms with Crippen LogP contribution in [0.25, 0.3) is 10.9 Å². The lowest BCUT2D eigenvalue weighted by Gasteiger charge is -2.09. The van der Waals surface area contributed by atoms with Crippen molar-refractivity contribution >= 4 is 28.8 Å². The Morgan fingerprint density at radius 3 is 2.70 bits per heavy atom. The Bertz CT molecular complexity index is 774. The second-order valence-corrected chi connectivity index (χ2v) is 4.95. The molecule has 0 saturated carbocycles. The fraction of sp³-hybridized carbons (Fsp3) is 0.0625. The number of halogens is 2. The van der Waals surface area contributed by atoms with Crippen LogP contribution in [0.15, 0.2) is 48.7 Å². The fourth-order valence-electron chi connectivity index (χ4n) is 2.37. The Hall–Kier alpha value is -2.13. The summed E-state index contributed by atoms with van der Waals surface area (Å²) in [6.07, 6.45) is 2.64. The van der Waals surface area contributed by atoms with Gasteiger partial charge >= 0.3 is 0 Å². The lowest BCUT2D eigenvalue weighted by atomic mass is 10.1. The minimum absolute atomic E-state index is 0.292. The molecule has 0 aliphatic carbocycles. The van der Waals surface area contributed by atoms with E-state index in [1.54, 1.807) is 18.2 Å². The third kappa shape index (κ3) is 2.10. The number of hydrogen-bond donors (Lipinski definition) is 0. The van der Waals surface area contributed by atoms with Crippen LogP contribution in [0.1, 0.15) is 15.9 Å². The number of aromatic nitrogens is 1. The van der Waals surface area contributed by atoms with Gasteiger partial charge in [0.05, 0.1) is 12.1 Å². The summed E-state index contributed by atoms with van der Waals surface area (Å²) in [5.74, 6) is -0.345. The van der Waals surface area contributed by atoms with E-state index in [1.807, 2.05) is 29.0 Å². The van der Waals surface area contributed by atoms with Crippen molar-refractivity contribution in [3.63, 3.8) is 0 Å². The smallest absolute Gasteiger partial charge is 0.152 e. The predicted octanol–water partition coefficient (Wildman–Crippen LogP) is 4.29. The van der Waals surface area contributed by atoms with Crippen LogP contribution in [0.5, 0.6) is 0 Å². The average Bonchev–Trinajstić information content (AvgIpc) is 2.86.